The highest BCUT2D eigenvalue weighted by atomic mass is 16.4. The third-order valence-corrected chi connectivity index (χ3v) is 2.07. The summed E-state index contributed by atoms with van der Waals surface area (Å²) in [6, 6.07) is 7.01. The van der Waals surface area contributed by atoms with Gasteiger partial charge in [0.15, 0.2) is 0 Å². The molecule has 0 heterocycles. The van der Waals surface area contributed by atoms with Crippen LogP contribution in [-0.2, 0) is 6.42 Å². The predicted molar refractivity (Wildman–Crippen MR) is 78.0 cm³/mol. The van der Waals surface area contributed by atoms with Crippen molar-refractivity contribution in [3.63, 3.8) is 0 Å². The van der Waals surface area contributed by atoms with Crippen molar-refractivity contribution in [3.05, 3.63) is 29.8 Å². The van der Waals surface area contributed by atoms with Crippen LogP contribution in [-0.4, -0.2) is 35.3 Å². The van der Waals surface area contributed by atoms with E-state index in [0.717, 1.165) is 19.3 Å². The van der Waals surface area contributed by atoms with Crippen LogP contribution in [0, 0.1) is 0 Å². The summed E-state index contributed by atoms with van der Waals surface area (Å²) in [6.07, 6.45) is 3.34. The first kappa shape index (κ1) is 20.4. The van der Waals surface area contributed by atoms with Gasteiger partial charge in [-0.1, -0.05) is 44.7 Å². The van der Waals surface area contributed by atoms with Crippen LogP contribution in [0.15, 0.2) is 24.3 Å². The Labute approximate surface area is 118 Å². The Morgan fingerprint density at radius 1 is 0.947 bits per heavy atom. The van der Waals surface area contributed by atoms with Crippen molar-refractivity contribution in [2.24, 2.45) is 0 Å². The largest absolute Gasteiger partial charge is 0.889 e. The number of hydrogen-bond acceptors (Lipinski definition) is 2. The molecule has 110 valence electrons. The number of unbranched alkanes of at least 4 members (excludes halogenated alkanes) is 1. The Morgan fingerprint density at radius 2 is 1.37 bits per heavy atom. The average Bonchev–Trinajstić information content (AvgIpc) is 2.38. The van der Waals surface area contributed by atoms with Gasteiger partial charge in [-0.25, -0.2) is 0 Å². The second-order valence-electron chi connectivity index (χ2n) is 4.33. The zero-order chi connectivity index (χ0) is 15.1. The maximum absolute atomic E-state index is 10.5. The Morgan fingerprint density at radius 3 is 1.68 bits per heavy atom. The van der Waals surface area contributed by atoms with Crippen molar-refractivity contribution in [1.29, 1.82) is 0 Å². The monoisotopic (exact) mass is 268 g/mol. The lowest BCUT2D eigenvalue weighted by Gasteiger charge is -2.26. The molecule has 0 fully saturated rings. The molecular weight excluding hydrogens is 239 g/mol. The van der Waals surface area contributed by atoms with E-state index >= 15 is 0 Å². The van der Waals surface area contributed by atoms with E-state index in [-0.39, 0.29) is 0 Å². The average molecular weight is 268 g/mol. The molecule has 0 aromatic heterocycles. The molecule has 4 nitrogen and oxygen atoms in total. The van der Waals surface area contributed by atoms with Gasteiger partial charge in [-0.05, 0) is 18.4 Å². The van der Waals surface area contributed by atoms with Gasteiger partial charge < -0.3 is 20.7 Å². The number of benzene rings is 1. The summed E-state index contributed by atoms with van der Waals surface area (Å²) >= 11 is 0. The van der Waals surface area contributed by atoms with E-state index < -0.39 is 7.12 Å². The lowest BCUT2D eigenvalue weighted by atomic mass is 9.80. The Bertz CT molecular complexity index is 277. The molecule has 0 atom stereocenters. The minimum atomic E-state index is -1.85. The molecule has 1 rings (SSSR count). The first-order valence-electron chi connectivity index (χ1n) is 6.95. The van der Waals surface area contributed by atoms with E-state index in [1.807, 2.05) is 51.0 Å². The van der Waals surface area contributed by atoms with Gasteiger partial charge in [-0.2, -0.15) is 0 Å². The van der Waals surface area contributed by atoms with Crippen molar-refractivity contribution in [2.75, 3.05) is 28.2 Å². The van der Waals surface area contributed by atoms with Gasteiger partial charge >= 0.3 is 0 Å². The minimum absolute atomic E-state index is 0.334. The van der Waals surface area contributed by atoms with Gasteiger partial charge in [0, 0.05) is 0 Å². The van der Waals surface area contributed by atoms with Crippen LogP contribution in [0.1, 0.15) is 25.3 Å². The fourth-order valence-electron chi connectivity index (χ4n) is 1.22. The SMILES string of the molecule is CCCCc1ccc(B([O-])[O-])cc1.C[NH2+]C.C[NH2+]C. The molecule has 19 heavy (non-hydrogen) atoms. The molecule has 0 spiro atoms. The summed E-state index contributed by atoms with van der Waals surface area (Å²) in [6.45, 7) is 2.14. The van der Waals surface area contributed by atoms with Crippen molar-refractivity contribution < 1.29 is 20.7 Å². The summed E-state index contributed by atoms with van der Waals surface area (Å²) in [5, 5.41) is 25.0. The van der Waals surface area contributed by atoms with E-state index in [1.54, 1.807) is 12.1 Å². The Kier molecular flexibility index (Phi) is 16.3. The second-order valence-corrected chi connectivity index (χ2v) is 4.33. The molecule has 0 saturated heterocycles. The Hall–Kier alpha value is -0.875. The topological polar surface area (TPSA) is 79.3 Å². The van der Waals surface area contributed by atoms with Crippen LogP contribution >= 0.6 is 0 Å². The fraction of sp³-hybridized carbons (Fsp3) is 0.571. The van der Waals surface area contributed by atoms with E-state index in [1.165, 1.54) is 5.56 Å². The summed E-state index contributed by atoms with van der Waals surface area (Å²) < 4.78 is 0. The molecule has 0 aliphatic heterocycles. The molecular formula is C14H29BN2O2. The number of hydrogen-bond donors (Lipinski definition) is 2. The maximum Gasteiger partial charge on any atom is 0.0647 e. The lowest BCUT2D eigenvalue weighted by molar-refractivity contribution is -0.597. The van der Waals surface area contributed by atoms with E-state index in [4.69, 9.17) is 0 Å². The van der Waals surface area contributed by atoms with Crippen LogP contribution in [0.2, 0.25) is 0 Å². The van der Waals surface area contributed by atoms with Crippen molar-refractivity contribution >= 4 is 12.6 Å². The van der Waals surface area contributed by atoms with Gasteiger partial charge in [0.25, 0.3) is 0 Å². The normalized spacial score (nSPS) is 8.79. The number of quaternary nitrogens is 2. The smallest absolute Gasteiger partial charge is 0.0647 e. The van der Waals surface area contributed by atoms with Gasteiger partial charge in [0.1, 0.15) is 0 Å². The van der Waals surface area contributed by atoms with E-state index in [2.05, 4.69) is 6.92 Å². The summed E-state index contributed by atoms with van der Waals surface area (Å²) in [5.41, 5.74) is 1.53. The first-order valence-corrected chi connectivity index (χ1v) is 6.95. The van der Waals surface area contributed by atoms with Crippen LogP contribution in [0.5, 0.6) is 0 Å². The summed E-state index contributed by atoms with van der Waals surface area (Å²) in [4.78, 5) is 0. The minimum Gasteiger partial charge on any atom is -0.889 e. The number of nitrogens with two attached hydrogens (primary N) is 2. The molecule has 4 N–H and O–H groups in total. The van der Waals surface area contributed by atoms with Crippen LogP contribution in [0.4, 0.5) is 0 Å². The first-order chi connectivity index (χ1) is 9.06. The summed E-state index contributed by atoms with van der Waals surface area (Å²) in [7, 11) is 6.15. The van der Waals surface area contributed by atoms with Gasteiger partial charge in [0.2, 0.25) is 0 Å². The standard InChI is InChI=1S/C10H13BO2.2C2H7N/c1-2-3-4-9-5-7-10(8-6-9)11(12)13;2*1-3-2/h5-8H,2-4H2,1H3;2*3H,1-2H3/q-2;;/p+2. The Balaban J connectivity index is 0. The van der Waals surface area contributed by atoms with Crippen molar-refractivity contribution in [2.45, 2.75) is 26.2 Å². The van der Waals surface area contributed by atoms with E-state index in [9.17, 15) is 10.0 Å². The molecule has 0 saturated carbocycles. The molecule has 0 aliphatic carbocycles. The van der Waals surface area contributed by atoms with Crippen LogP contribution in [0.25, 0.3) is 0 Å². The molecule has 0 aliphatic rings. The highest BCUT2D eigenvalue weighted by Crippen LogP contribution is 2.02. The van der Waals surface area contributed by atoms with Crippen molar-refractivity contribution in [1.82, 2.24) is 0 Å². The van der Waals surface area contributed by atoms with E-state index in [0.29, 0.717) is 5.46 Å². The van der Waals surface area contributed by atoms with Crippen molar-refractivity contribution in [3.8, 4) is 0 Å². The van der Waals surface area contributed by atoms with Gasteiger partial charge in [0.05, 0.1) is 28.2 Å². The molecule has 5 heteroatoms. The maximum atomic E-state index is 10.5. The van der Waals surface area contributed by atoms with Crippen LogP contribution < -0.4 is 26.1 Å². The third kappa shape index (κ3) is 13.4. The fourth-order valence-corrected chi connectivity index (χ4v) is 1.22. The van der Waals surface area contributed by atoms with Gasteiger partial charge in [-0.3, -0.25) is 0 Å². The second kappa shape index (κ2) is 15.2. The number of aryl methyl sites for hydroxylation is 1. The third-order valence-electron chi connectivity index (χ3n) is 2.07. The zero-order valence-electron chi connectivity index (χ0n) is 13.0. The highest BCUT2D eigenvalue weighted by molar-refractivity contribution is 6.55. The summed E-state index contributed by atoms with van der Waals surface area (Å²) in [5.74, 6) is 0. The lowest BCUT2D eigenvalue weighted by Crippen LogP contribution is -2.74. The molecule has 0 unspecified atom stereocenters. The molecule has 1 aromatic carbocycles. The van der Waals surface area contributed by atoms with Crippen LogP contribution in [0.3, 0.4) is 0 Å². The van der Waals surface area contributed by atoms with Gasteiger partial charge in [-0.15, -0.1) is 5.46 Å². The number of rotatable bonds is 4. The molecule has 0 radical (unpaired) electrons. The predicted octanol–water partition coefficient (Wildman–Crippen LogP) is -2.94. The quantitative estimate of drug-likeness (QED) is 0.573. The molecule has 1 aromatic rings. The zero-order valence-corrected chi connectivity index (χ0v) is 13.0. The highest BCUT2D eigenvalue weighted by Gasteiger charge is 1.92. The molecule has 0 amide bonds. The molecule has 0 bridgehead atoms.